The van der Waals surface area contributed by atoms with Gasteiger partial charge < -0.3 is 4.42 Å². The summed E-state index contributed by atoms with van der Waals surface area (Å²) < 4.78 is 5.34. The van der Waals surface area contributed by atoms with E-state index in [0.717, 1.165) is 16.7 Å². The van der Waals surface area contributed by atoms with Crippen LogP contribution in [-0.4, -0.2) is 15.2 Å². The van der Waals surface area contributed by atoms with E-state index in [1.165, 1.54) is 0 Å². The molecular weight excluding hydrogens is 294 g/mol. The molecule has 18 heavy (non-hydrogen) atoms. The van der Waals surface area contributed by atoms with Crippen LogP contribution in [0, 0.1) is 0 Å². The Morgan fingerprint density at radius 3 is 2.50 bits per heavy atom. The van der Waals surface area contributed by atoms with Gasteiger partial charge in [0.05, 0.1) is 0 Å². The van der Waals surface area contributed by atoms with E-state index in [4.69, 9.17) is 4.42 Å². The Morgan fingerprint density at radius 2 is 1.78 bits per heavy atom. The fourth-order valence-corrected chi connectivity index (χ4v) is 1.92. The average Bonchev–Trinajstić information content (AvgIpc) is 2.87. The first-order valence-corrected chi connectivity index (χ1v) is 6.12. The largest absolute Gasteiger partial charge is 0.411 e. The van der Waals surface area contributed by atoms with Crippen molar-refractivity contribution in [2.45, 2.75) is 0 Å². The Balaban J connectivity index is 2.05. The highest BCUT2D eigenvalue weighted by Crippen LogP contribution is 2.25. The lowest BCUT2D eigenvalue weighted by molar-refractivity contribution is 0.540. The van der Waals surface area contributed by atoms with E-state index in [1.807, 2.05) is 42.6 Å². The highest BCUT2D eigenvalue weighted by atomic mass is 79.9. The van der Waals surface area contributed by atoms with Gasteiger partial charge in [0.25, 0.3) is 4.80 Å². The predicted octanol–water partition coefficient (Wildman–Crippen LogP) is 3.56. The lowest BCUT2D eigenvalue weighted by Gasteiger charge is -2.02. The molecule has 0 amide bonds. The van der Waals surface area contributed by atoms with Crippen LogP contribution >= 0.6 is 15.9 Å². The topological polar surface area (TPSA) is 51.8 Å². The fourth-order valence-electron chi connectivity index (χ4n) is 1.69. The van der Waals surface area contributed by atoms with E-state index in [2.05, 4.69) is 31.1 Å². The smallest absolute Gasteiger partial charge is 0.285 e. The first kappa shape index (κ1) is 11.1. The third-order valence-corrected chi connectivity index (χ3v) is 2.83. The minimum atomic E-state index is 0.379. The zero-order valence-corrected chi connectivity index (χ0v) is 10.8. The van der Waals surface area contributed by atoms with E-state index >= 15 is 0 Å². The van der Waals surface area contributed by atoms with Crippen molar-refractivity contribution in [1.29, 1.82) is 0 Å². The molecule has 0 spiro atoms. The highest BCUT2D eigenvalue weighted by molar-refractivity contribution is 9.10. The molecule has 88 valence electrons. The Kier molecular flexibility index (Phi) is 2.90. The molecule has 3 aromatic rings. The maximum absolute atomic E-state index is 5.34. The molecule has 0 atom stereocenters. The molecule has 0 radical (unpaired) electrons. The van der Waals surface area contributed by atoms with E-state index in [0.29, 0.717) is 10.7 Å². The molecule has 0 fully saturated rings. The minimum absolute atomic E-state index is 0.379. The zero-order chi connectivity index (χ0) is 12.4. The number of nitrogens with zero attached hydrogens (tertiary/aromatic N) is 3. The van der Waals surface area contributed by atoms with Crippen molar-refractivity contribution in [3.63, 3.8) is 0 Å². The summed E-state index contributed by atoms with van der Waals surface area (Å²) in [5.41, 5.74) is 3.00. The van der Waals surface area contributed by atoms with Crippen molar-refractivity contribution in [2.24, 2.45) is 0 Å². The normalized spacial score (nSPS) is 10.5. The Hall–Kier alpha value is -2.01. The van der Waals surface area contributed by atoms with Gasteiger partial charge in [0.2, 0.25) is 5.89 Å². The molecule has 0 unspecified atom stereocenters. The first-order chi connectivity index (χ1) is 8.83. The predicted molar refractivity (Wildman–Crippen MR) is 70.7 cm³/mol. The summed E-state index contributed by atoms with van der Waals surface area (Å²) in [6.07, 6.45) is 3.57. The quantitative estimate of drug-likeness (QED) is 0.726. The van der Waals surface area contributed by atoms with Crippen LogP contribution in [0.3, 0.4) is 0 Å². The average molecular weight is 302 g/mol. The molecule has 5 heteroatoms. The van der Waals surface area contributed by atoms with Gasteiger partial charge in [-0.2, -0.15) is 0 Å². The maximum atomic E-state index is 5.34. The van der Waals surface area contributed by atoms with Gasteiger partial charge in [-0.25, -0.2) is 0 Å². The van der Waals surface area contributed by atoms with Crippen molar-refractivity contribution in [1.82, 2.24) is 15.2 Å². The Bertz CT molecular complexity index is 667. The molecule has 4 nitrogen and oxygen atoms in total. The van der Waals surface area contributed by atoms with Gasteiger partial charge >= 0.3 is 0 Å². The summed E-state index contributed by atoms with van der Waals surface area (Å²) in [5, 5.41) is 7.72. The number of benzene rings is 1. The minimum Gasteiger partial charge on any atom is -0.411 e. The summed E-state index contributed by atoms with van der Waals surface area (Å²) in [6.45, 7) is 0. The van der Waals surface area contributed by atoms with E-state index in [-0.39, 0.29) is 0 Å². The molecule has 0 N–H and O–H groups in total. The Morgan fingerprint density at radius 1 is 0.944 bits per heavy atom. The van der Waals surface area contributed by atoms with Gasteiger partial charge in [-0.1, -0.05) is 18.2 Å². The van der Waals surface area contributed by atoms with Gasteiger partial charge in [-0.3, -0.25) is 4.98 Å². The highest BCUT2D eigenvalue weighted by Gasteiger charge is 2.07. The van der Waals surface area contributed by atoms with Crippen LogP contribution in [-0.2, 0) is 0 Å². The third kappa shape index (κ3) is 2.17. The van der Waals surface area contributed by atoms with Gasteiger partial charge in [-0.15, -0.1) is 10.2 Å². The van der Waals surface area contributed by atoms with Crippen molar-refractivity contribution in [2.75, 3.05) is 0 Å². The molecule has 0 aliphatic carbocycles. The van der Waals surface area contributed by atoms with Crippen LogP contribution < -0.4 is 0 Å². The molecular formula is C13H8BrN3O. The van der Waals surface area contributed by atoms with E-state index < -0.39 is 0 Å². The molecule has 0 aliphatic rings. The van der Waals surface area contributed by atoms with Crippen LogP contribution in [0.25, 0.3) is 22.6 Å². The second-order valence-corrected chi connectivity index (χ2v) is 4.36. The lowest BCUT2D eigenvalue weighted by Crippen LogP contribution is -1.82. The molecule has 0 saturated heterocycles. The van der Waals surface area contributed by atoms with Gasteiger partial charge in [0.1, 0.15) is 0 Å². The van der Waals surface area contributed by atoms with Crippen molar-refractivity contribution < 1.29 is 4.42 Å². The van der Waals surface area contributed by atoms with E-state index in [9.17, 15) is 0 Å². The SMILES string of the molecule is Brc1nnc(-c2cccc(-c3cccnc3)c2)o1. The van der Waals surface area contributed by atoms with Crippen LogP contribution in [0.15, 0.2) is 58.0 Å². The third-order valence-electron chi connectivity index (χ3n) is 2.50. The number of aromatic nitrogens is 3. The Labute approximate surface area is 112 Å². The van der Waals surface area contributed by atoms with Crippen molar-refractivity contribution in [3.05, 3.63) is 53.6 Å². The van der Waals surface area contributed by atoms with Crippen LogP contribution in [0.4, 0.5) is 0 Å². The second-order valence-electron chi connectivity index (χ2n) is 3.68. The summed E-state index contributed by atoms with van der Waals surface area (Å²) in [7, 11) is 0. The summed E-state index contributed by atoms with van der Waals surface area (Å²) in [6, 6.07) is 11.8. The van der Waals surface area contributed by atoms with Crippen LogP contribution in [0.1, 0.15) is 0 Å². The van der Waals surface area contributed by atoms with E-state index in [1.54, 1.807) is 6.20 Å². The van der Waals surface area contributed by atoms with Crippen molar-refractivity contribution >= 4 is 15.9 Å². The number of hydrogen-bond acceptors (Lipinski definition) is 4. The van der Waals surface area contributed by atoms with Gasteiger partial charge in [0, 0.05) is 39.5 Å². The van der Waals surface area contributed by atoms with Gasteiger partial charge in [-0.05, 0) is 23.8 Å². The molecule has 0 bridgehead atoms. The first-order valence-electron chi connectivity index (χ1n) is 5.33. The summed E-state index contributed by atoms with van der Waals surface area (Å²) >= 11 is 3.14. The zero-order valence-electron chi connectivity index (χ0n) is 9.25. The lowest BCUT2D eigenvalue weighted by atomic mass is 10.1. The molecule has 2 aromatic heterocycles. The van der Waals surface area contributed by atoms with Crippen molar-refractivity contribution in [3.8, 4) is 22.6 Å². The molecule has 1 aromatic carbocycles. The van der Waals surface area contributed by atoms with Crippen LogP contribution in [0.2, 0.25) is 0 Å². The number of pyridine rings is 1. The standard InChI is InChI=1S/C13H8BrN3O/c14-13-17-16-12(18-13)10-4-1-3-9(7-10)11-5-2-6-15-8-11/h1-8H. The number of rotatable bonds is 2. The fraction of sp³-hybridized carbons (Fsp3) is 0. The monoisotopic (exact) mass is 301 g/mol. The van der Waals surface area contributed by atoms with Gasteiger partial charge in [0.15, 0.2) is 0 Å². The number of hydrogen-bond donors (Lipinski definition) is 0. The number of halogens is 1. The molecule has 0 saturated carbocycles. The summed E-state index contributed by atoms with van der Waals surface area (Å²) in [5.74, 6) is 0.493. The van der Waals surface area contributed by atoms with Crippen LogP contribution in [0.5, 0.6) is 0 Å². The molecule has 0 aliphatic heterocycles. The maximum Gasteiger partial charge on any atom is 0.285 e. The molecule has 3 rings (SSSR count). The second kappa shape index (κ2) is 4.70. The summed E-state index contributed by atoms with van der Waals surface area (Å²) in [4.78, 5) is 4.49. The molecule has 2 heterocycles.